The van der Waals surface area contributed by atoms with Crippen LogP contribution < -0.4 is 10.6 Å². The van der Waals surface area contributed by atoms with Crippen LogP contribution >= 0.6 is 0 Å². The van der Waals surface area contributed by atoms with Gasteiger partial charge in [0.05, 0.1) is 0 Å². The minimum atomic E-state index is -0.109. The molecule has 1 aromatic heterocycles. The summed E-state index contributed by atoms with van der Waals surface area (Å²) in [5.41, 5.74) is 5.06. The first-order valence-corrected chi connectivity index (χ1v) is 10.0. The lowest BCUT2D eigenvalue weighted by Gasteiger charge is -2.30. The molecule has 6 heteroatoms. The molecular weight excluding hydrogens is 338 g/mol. The third-order valence-electron chi connectivity index (χ3n) is 5.78. The largest absolute Gasteiger partial charge is 0.347 e. The predicted octanol–water partition coefficient (Wildman–Crippen LogP) is 2.22. The van der Waals surface area contributed by atoms with Crippen LogP contribution in [0.5, 0.6) is 0 Å². The van der Waals surface area contributed by atoms with Crippen molar-refractivity contribution in [3.05, 3.63) is 52.3 Å². The van der Waals surface area contributed by atoms with Crippen LogP contribution in [0.4, 0.5) is 0 Å². The fourth-order valence-corrected chi connectivity index (χ4v) is 3.92. The van der Waals surface area contributed by atoms with Crippen LogP contribution in [0.3, 0.4) is 0 Å². The normalized spacial score (nSPS) is 18.3. The van der Waals surface area contributed by atoms with E-state index in [4.69, 9.17) is 0 Å². The van der Waals surface area contributed by atoms with Crippen molar-refractivity contribution in [3.8, 4) is 0 Å². The molecule has 3 N–H and O–H groups in total. The first kappa shape index (κ1) is 18.2. The Hall–Kier alpha value is -2.18. The maximum atomic E-state index is 12.5. The average Bonchev–Trinajstić information content (AvgIpc) is 3.13. The van der Waals surface area contributed by atoms with Crippen molar-refractivity contribution in [2.45, 2.75) is 45.8 Å². The number of hydrogen-bond donors (Lipinski definition) is 3. The van der Waals surface area contributed by atoms with Gasteiger partial charge in [-0.1, -0.05) is 31.2 Å². The number of carbonyl (C=O) groups is 1. The number of H-pyrrole nitrogens is 1. The summed E-state index contributed by atoms with van der Waals surface area (Å²) in [6.45, 7) is 7.91. The molecule has 2 aliphatic heterocycles. The summed E-state index contributed by atoms with van der Waals surface area (Å²) >= 11 is 0. The van der Waals surface area contributed by atoms with E-state index in [1.165, 1.54) is 31.5 Å². The Morgan fingerprint density at radius 2 is 1.96 bits per heavy atom. The zero-order valence-corrected chi connectivity index (χ0v) is 16.1. The Bertz CT molecular complexity index is 774. The molecule has 0 radical (unpaired) electrons. The van der Waals surface area contributed by atoms with Gasteiger partial charge in [0.2, 0.25) is 0 Å². The molecule has 2 aromatic rings. The SMILES string of the molecule is CC1CCN(Cc2ccc(CNC(=O)c3n[nH]c4c3CNCC4)cc2)CC1. The molecule has 1 amide bonds. The molecule has 1 saturated heterocycles. The van der Waals surface area contributed by atoms with Crippen molar-refractivity contribution in [1.29, 1.82) is 0 Å². The van der Waals surface area contributed by atoms with Gasteiger partial charge in [0, 0.05) is 43.9 Å². The van der Waals surface area contributed by atoms with Crippen LogP contribution in [0.25, 0.3) is 0 Å². The number of amides is 1. The fourth-order valence-electron chi connectivity index (χ4n) is 3.92. The Balaban J connectivity index is 1.30. The highest BCUT2D eigenvalue weighted by Gasteiger charge is 2.21. The van der Waals surface area contributed by atoms with Gasteiger partial charge in [0.25, 0.3) is 5.91 Å². The van der Waals surface area contributed by atoms with E-state index in [2.05, 4.69) is 56.9 Å². The number of aromatic amines is 1. The van der Waals surface area contributed by atoms with Crippen LogP contribution in [0.2, 0.25) is 0 Å². The summed E-state index contributed by atoms with van der Waals surface area (Å²) in [7, 11) is 0. The molecule has 0 bridgehead atoms. The molecule has 0 atom stereocenters. The quantitative estimate of drug-likeness (QED) is 0.758. The number of nitrogens with one attached hydrogen (secondary N) is 3. The van der Waals surface area contributed by atoms with E-state index >= 15 is 0 Å². The highest BCUT2D eigenvalue weighted by Crippen LogP contribution is 2.18. The van der Waals surface area contributed by atoms with Gasteiger partial charge >= 0.3 is 0 Å². The molecule has 4 rings (SSSR count). The zero-order chi connectivity index (χ0) is 18.6. The molecule has 0 unspecified atom stereocenters. The van der Waals surface area contributed by atoms with Gasteiger partial charge in [0.15, 0.2) is 5.69 Å². The summed E-state index contributed by atoms with van der Waals surface area (Å²) in [5.74, 6) is 0.755. The van der Waals surface area contributed by atoms with Crippen LogP contribution in [0, 0.1) is 5.92 Å². The number of hydrogen-bond acceptors (Lipinski definition) is 4. The number of carbonyl (C=O) groups excluding carboxylic acids is 1. The molecule has 1 fully saturated rings. The Morgan fingerprint density at radius 3 is 2.74 bits per heavy atom. The van der Waals surface area contributed by atoms with E-state index in [1.54, 1.807) is 0 Å². The topological polar surface area (TPSA) is 73.0 Å². The number of aromatic nitrogens is 2. The second-order valence-corrected chi connectivity index (χ2v) is 7.91. The van der Waals surface area contributed by atoms with Gasteiger partial charge in [-0.3, -0.25) is 14.8 Å². The first-order chi connectivity index (χ1) is 13.2. The van der Waals surface area contributed by atoms with Crippen LogP contribution in [-0.4, -0.2) is 40.6 Å². The van der Waals surface area contributed by atoms with Gasteiger partial charge in [-0.05, 0) is 43.0 Å². The van der Waals surface area contributed by atoms with Crippen molar-refractivity contribution >= 4 is 5.91 Å². The van der Waals surface area contributed by atoms with Crippen LogP contribution in [0.1, 0.15) is 52.6 Å². The molecule has 0 aliphatic carbocycles. The molecule has 1 aromatic carbocycles. The standard InChI is InChI=1S/C21H29N5O/c1-15-7-10-26(11-8-15)14-17-4-2-16(3-5-17)12-23-21(27)20-18-13-22-9-6-19(18)24-25-20/h2-5,15,22H,6-14H2,1H3,(H,23,27)(H,24,25). The van der Waals surface area contributed by atoms with Gasteiger partial charge < -0.3 is 10.6 Å². The van der Waals surface area contributed by atoms with Crippen molar-refractivity contribution in [3.63, 3.8) is 0 Å². The summed E-state index contributed by atoms with van der Waals surface area (Å²) in [6, 6.07) is 8.59. The summed E-state index contributed by atoms with van der Waals surface area (Å²) in [4.78, 5) is 15.0. The van der Waals surface area contributed by atoms with Gasteiger partial charge in [-0.15, -0.1) is 0 Å². The van der Waals surface area contributed by atoms with E-state index < -0.39 is 0 Å². The van der Waals surface area contributed by atoms with E-state index in [0.29, 0.717) is 18.8 Å². The summed E-state index contributed by atoms with van der Waals surface area (Å²) in [5, 5.41) is 13.5. The molecule has 144 valence electrons. The minimum Gasteiger partial charge on any atom is -0.347 e. The zero-order valence-electron chi connectivity index (χ0n) is 16.1. The predicted molar refractivity (Wildman–Crippen MR) is 105 cm³/mol. The highest BCUT2D eigenvalue weighted by atomic mass is 16.1. The van der Waals surface area contributed by atoms with E-state index in [9.17, 15) is 4.79 Å². The molecular formula is C21H29N5O. The van der Waals surface area contributed by atoms with Crippen LogP contribution in [-0.2, 0) is 26.1 Å². The van der Waals surface area contributed by atoms with E-state index in [-0.39, 0.29) is 5.91 Å². The summed E-state index contributed by atoms with van der Waals surface area (Å²) < 4.78 is 0. The number of piperidine rings is 1. The number of rotatable bonds is 5. The highest BCUT2D eigenvalue weighted by molar-refractivity contribution is 5.94. The number of fused-ring (bicyclic) bond motifs is 1. The van der Waals surface area contributed by atoms with Gasteiger partial charge in [0.1, 0.15) is 0 Å². The van der Waals surface area contributed by atoms with Gasteiger partial charge in [-0.2, -0.15) is 5.10 Å². The monoisotopic (exact) mass is 367 g/mol. The number of likely N-dealkylation sites (tertiary alicyclic amines) is 1. The fraction of sp³-hybridized carbons (Fsp3) is 0.524. The Labute approximate surface area is 160 Å². The third kappa shape index (κ3) is 4.39. The molecule has 0 spiro atoms. The number of benzene rings is 1. The number of nitrogens with zero attached hydrogens (tertiary/aromatic N) is 2. The van der Waals surface area contributed by atoms with Crippen molar-refractivity contribution in [2.75, 3.05) is 19.6 Å². The van der Waals surface area contributed by atoms with E-state index in [0.717, 1.165) is 42.2 Å². The molecule has 6 nitrogen and oxygen atoms in total. The van der Waals surface area contributed by atoms with E-state index in [1.807, 2.05) is 0 Å². The second kappa shape index (κ2) is 8.23. The lowest BCUT2D eigenvalue weighted by Crippen LogP contribution is -2.32. The molecule has 0 saturated carbocycles. The lowest BCUT2D eigenvalue weighted by atomic mass is 9.99. The maximum Gasteiger partial charge on any atom is 0.272 e. The smallest absolute Gasteiger partial charge is 0.272 e. The van der Waals surface area contributed by atoms with Crippen molar-refractivity contribution in [1.82, 2.24) is 25.7 Å². The van der Waals surface area contributed by atoms with Gasteiger partial charge in [-0.25, -0.2) is 0 Å². The van der Waals surface area contributed by atoms with Crippen molar-refractivity contribution in [2.24, 2.45) is 5.92 Å². The average molecular weight is 367 g/mol. The Morgan fingerprint density at radius 1 is 1.22 bits per heavy atom. The van der Waals surface area contributed by atoms with Crippen molar-refractivity contribution < 1.29 is 4.79 Å². The minimum absolute atomic E-state index is 0.109. The second-order valence-electron chi connectivity index (χ2n) is 7.91. The molecule has 27 heavy (non-hydrogen) atoms. The summed E-state index contributed by atoms with van der Waals surface area (Å²) in [6.07, 6.45) is 3.50. The molecule has 2 aliphatic rings. The third-order valence-corrected chi connectivity index (χ3v) is 5.78. The lowest BCUT2D eigenvalue weighted by molar-refractivity contribution is 0.0944. The van der Waals surface area contributed by atoms with Crippen LogP contribution in [0.15, 0.2) is 24.3 Å². The first-order valence-electron chi connectivity index (χ1n) is 10.0. The molecule has 3 heterocycles. The maximum absolute atomic E-state index is 12.5. The Kier molecular flexibility index (Phi) is 5.55.